The number of methoxy groups -OCH3 is 1. The van der Waals surface area contributed by atoms with Crippen LogP contribution < -0.4 is 10.1 Å². The molecule has 2 heterocycles. The molecule has 1 N–H and O–H groups in total. The number of nitrogens with one attached hydrogen (secondary N) is 1. The van der Waals surface area contributed by atoms with Crippen LogP contribution in [-0.2, 0) is 14.8 Å². The summed E-state index contributed by atoms with van der Waals surface area (Å²) in [6.45, 7) is 4.10. The van der Waals surface area contributed by atoms with Crippen molar-refractivity contribution in [3.8, 4) is 5.75 Å². The van der Waals surface area contributed by atoms with Crippen molar-refractivity contribution >= 4 is 33.8 Å². The number of anilines is 1. The molecule has 0 spiro atoms. The van der Waals surface area contributed by atoms with Gasteiger partial charge in [0.15, 0.2) is 10.7 Å². The Morgan fingerprint density at radius 1 is 1.11 bits per heavy atom. The second-order valence-electron chi connectivity index (χ2n) is 8.60. The predicted octanol–water partition coefficient (Wildman–Crippen LogP) is 4.51. The zero-order valence-corrected chi connectivity index (χ0v) is 20.8. The maximum Gasteiger partial charge on any atom is 0.248 e. The van der Waals surface area contributed by atoms with Crippen LogP contribution in [0.25, 0.3) is 12.2 Å². The highest BCUT2D eigenvalue weighted by Gasteiger charge is 2.36. The fraction of sp³-hybridized carbons (Fsp3) is 0.308. The number of aryl methyl sites for hydroxylation is 2. The van der Waals surface area contributed by atoms with Crippen molar-refractivity contribution in [3.63, 3.8) is 0 Å². The fourth-order valence-electron chi connectivity index (χ4n) is 4.08. The maximum absolute atomic E-state index is 13.5. The Morgan fingerprint density at radius 3 is 2.51 bits per heavy atom. The third kappa shape index (κ3) is 5.63. The van der Waals surface area contributed by atoms with E-state index in [4.69, 9.17) is 9.26 Å². The zero-order chi connectivity index (χ0) is 25.0. The van der Waals surface area contributed by atoms with Crippen LogP contribution in [0, 0.1) is 19.8 Å². The van der Waals surface area contributed by atoms with Gasteiger partial charge in [-0.2, -0.15) is 4.31 Å². The molecule has 35 heavy (non-hydrogen) atoms. The first-order valence-electron chi connectivity index (χ1n) is 11.4. The Hall–Kier alpha value is -3.43. The Balaban J connectivity index is 1.44. The predicted molar refractivity (Wildman–Crippen MR) is 134 cm³/mol. The second-order valence-corrected chi connectivity index (χ2v) is 10.5. The van der Waals surface area contributed by atoms with Crippen LogP contribution in [0.15, 0.2) is 57.9 Å². The lowest BCUT2D eigenvalue weighted by Gasteiger charge is -2.30. The summed E-state index contributed by atoms with van der Waals surface area (Å²) < 4.78 is 38.9. The molecule has 1 saturated heterocycles. The first-order valence-corrected chi connectivity index (χ1v) is 12.9. The van der Waals surface area contributed by atoms with Crippen molar-refractivity contribution in [2.75, 3.05) is 25.5 Å². The first kappa shape index (κ1) is 24.7. The molecule has 1 aliphatic heterocycles. The fourth-order valence-corrected chi connectivity index (χ4v) is 5.80. The number of rotatable bonds is 7. The molecule has 1 aromatic heterocycles. The van der Waals surface area contributed by atoms with Gasteiger partial charge in [0.2, 0.25) is 15.9 Å². The van der Waals surface area contributed by atoms with Gasteiger partial charge in [-0.05, 0) is 50.5 Å². The van der Waals surface area contributed by atoms with Gasteiger partial charge in [0.25, 0.3) is 0 Å². The summed E-state index contributed by atoms with van der Waals surface area (Å²) >= 11 is 0. The van der Waals surface area contributed by atoms with Crippen LogP contribution >= 0.6 is 0 Å². The molecule has 3 aromatic rings. The van der Waals surface area contributed by atoms with Gasteiger partial charge in [0.1, 0.15) is 11.4 Å². The molecule has 184 valence electrons. The minimum absolute atomic E-state index is 0.0696. The number of ether oxygens (including phenoxy) is 1. The van der Waals surface area contributed by atoms with Crippen LogP contribution in [0.3, 0.4) is 0 Å². The van der Waals surface area contributed by atoms with Crippen LogP contribution in [0.2, 0.25) is 0 Å². The highest BCUT2D eigenvalue weighted by atomic mass is 32.2. The van der Waals surface area contributed by atoms with Crippen molar-refractivity contribution in [1.29, 1.82) is 0 Å². The summed E-state index contributed by atoms with van der Waals surface area (Å²) in [5, 5.41) is 6.80. The normalized spacial score (nSPS) is 15.4. The number of piperidine rings is 1. The van der Waals surface area contributed by atoms with Gasteiger partial charge in [-0.1, -0.05) is 47.1 Å². The third-order valence-corrected chi connectivity index (χ3v) is 8.16. The lowest BCUT2D eigenvalue weighted by atomic mass is 9.97. The molecule has 1 aliphatic rings. The molecule has 8 nitrogen and oxygen atoms in total. The van der Waals surface area contributed by atoms with Crippen molar-refractivity contribution < 1.29 is 22.5 Å². The molecule has 1 amide bonds. The summed E-state index contributed by atoms with van der Waals surface area (Å²) in [6, 6.07) is 15.0. The molecule has 9 heteroatoms. The second kappa shape index (κ2) is 10.5. The molecule has 0 atom stereocenters. The summed E-state index contributed by atoms with van der Waals surface area (Å²) in [6.07, 6.45) is 4.28. The molecule has 0 bridgehead atoms. The Bertz CT molecular complexity index is 1320. The van der Waals surface area contributed by atoms with E-state index in [0.29, 0.717) is 30.0 Å². The number of hydrogen-bond acceptors (Lipinski definition) is 6. The molecule has 0 radical (unpaired) electrons. The Morgan fingerprint density at radius 2 is 1.83 bits per heavy atom. The maximum atomic E-state index is 13.5. The lowest BCUT2D eigenvalue weighted by Crippen LogP contribution is -2.41. The van der Waals surface area contributed by atoms with Gasteiger partial charge >= 0.3 is 0 Å². The number of hydrogen-bond donors (Lipinski definition) is 1. The van der Waals surface area contributed by atoms with Gasteiger partial charge in [0.05, 0.1) is 7.11 Å². The SMILES string of the molecule is COc1cccc(NC(=O)C2CCN(S(=O)(=O)c3c(C)noc3C=Cc3ccc(C)cc3)CC2)c1. The quantitative estimate of drug-likeness (QED) is 0.518. The first-order chi connectivity index (χ1) is 16.8. The number of amides is 1. The Labute approximate surface area is 205 Å². The van der Waals surface area contributed by atoms with Crippen molar-refractivity contribution in [2.24, 2.45) is 5.92 Å². The number of nitrogens with zero attached hydrogens (tertiary/aromatic N) is 2. The number of carbonyl (C=O) groups is 1. The van der Waals surface area contributed by atoms with Gasteiger partial charge in [-0.15, -0.1) is 0 Å². The third-order valence-electron chi connectivity index (χ3n) is 6.10. The minimum Gasteiger partial charge on any atom is -0.497 e. The summed E-state index contributed by atoms with van der Waals surface area (Å²) in [5.41, 5.74) is 3.03. The average Bonchev–Trinajstić information content (AvgIpc) is 3.25. The van der Waals surface area contributed by atoms with E-state index in [1.54, 1.807) is 50.5 Å². The van der Waals surface area contributed by atoms with E-state index in [-0.39, 0.29) is 35.6 Å². The highest BCUT2D eigenvalue weighted by Crippen LogP contribution is 2.30. The summed E-state index contributed by atoms with van der Waals surface area (Å²) in [7, 11) is -2.26. The van der Waals surface area contributed by atoms with Crippen LogP contribution in [0.1, 0.15) is 35.4 Å². The molecular weight excluding hydrogens is 466 g/mol. The summed E-state index contributed by atoms with van der Waals surface area (Å²) in [4.78, 5) is 12.8. The van der Waals surface area contributed by atoms with E-state index >= 15 is 0 Å². The lowest BCUT2D eigenvalue weighted by molar-refractivity contribution is -0.120. The standard InChI is InChI=1S/C26H29N3O5S/c1-18-7-9-20(10-8-18)11-12-24-25(19(2)28-34-24)35(31,32)29-15-13-21(14-16-29)26(30)27-22-5-4-6-23(17-22)33-3/h4-12,17,21H,13-16H2,1-3H3,(H,27,30). The van der Waals surface area contributed by atoms with Crippen molar-refractivity contribution in [2.45, 2.75) is 31.6 Å². The number of carbonyl (C=O) groups excluding carboxylic acids is 1. The van der Waals surface area contributed by atoms with E-state index in [1.807, 2.05) is 31.2 Å². The number of benzene rings is 2. The van der Waals surface area contributed by atoms with Gasteiger partial charge in [-0.3, -0.25) is 4.79 Å². The molecule has 2 aromatic carbocycles. The van der Waals surface area contributed by atoms with Crippen LogP contribution in [-0.4, -0.2) is 44.0 Å². The van der Waals surface area contributed by atoms with Crippen molar-refractivity contribution in [1.82, 2.24) is 9.46 Å². The highest BCUT2D eigenvalue weighted by molar-refractivity contribution is 7.89. The van der Waals surface area contributed by atoms with Crippen LogP contribution in [0.5, 0.6) is 5.75 Å². The molecule has 0 aliphatic carbocycles. The largest absolute Gasteiger partial charge is 0.497 e. The molecule has 0 unspecified atom stereocenters. The van der Waals surface area contributed by atoms with E-state index in [0.717, 1.165) is 11.1 Å². The van der Waals surface area contributed by atoms with Gasteiger partial charge in [0, 0.05) is 30.8 Å². The average molecular weight is 496 g/mol. The van der Waals surface area contributed by atoms with Crippen LogP contribution in [0.4, 0.5) is 5.69 Å². The van der Waals surface area contributed by atoms with Gasteiger partial charge in [-0.25, -0.2) is 8.42 Å². The number of aromatic nitrogens is 1. The monoisotopic (exact) mass is 495 g/mol. The molecular formula is C26H29N3O5S. The Kier molecular flexibility index (Phi) is 7.37. The number of sulfonamides is 1. The minimum atomic E-state index is -3.83. The molecule has 0 saturated carbocycles. The van der Waals surface area contributed by atoms with E-state index in [2.05, 4.69) is 10.5 Å². The topological polar surface area (TPSA) is 102 Å². The smallest absolute Gasteiger partial charge is 0.248 e. The molecule has 1 fully saturated rings. The zero-order valence-electron chi connectivity index (χ0n) is 20.0. The molecule has 4 rings (SSSR count). The van der Waals surface area contributed by atoms with E-state index in [1.165, 1.54) is 4.31 Å². The van der Waals surface area contributed by atoms with E-state index < -0.39 is 10.0 Å². The summed E-state index contributed by atoms with van der Waals surface area (Å²) in [5.74, 6) is 0.441. The van der Waals surface area contributed by atoms with Gasteiger partial charge < -0.3 is 14.6 Å². The van der Waals surface area contributed by atoms with Crippen molar-refractivity contribution in [3.05, 3.63) is 71.1 Å². The van der Waals surface area contributed by atoms with E-state index in [9.17, 15) is 13.2 Å².